The summed E-state index contributed by atoms with van der Waals surface area (Å²) >= 11 is 0. The van der Waals surface area contributed by atoms with Crippen molar-refractivity contribution < 1.29 is 4.74 Å². The van der Waals surface area contributed by atoms with E-state index in [4.69, 9.17) is 4.74 Å². The molecule has 2 heteroatoms. The summed E-state index contributed by atoms with van der Waals surface area (Å²) in [5, 5.41) is 3.34. The molecule has 0 aliphatic heterocycles. The number of likely N-dealkylation sites (N-methyl/N-ethyl adjacent to an activating group) is 1. The summed E-state index contributed by atoms with van der Waals surface area (Å²) < 4.78 is 5.94. The van der Waals surface area contributed by atoms with Crippen molar-refractivity contribution in [2.75, 3.05) is 13.7 Å². The lowest BCUT2D eigenvalue weighted by atomic mass is 10.0. The molecule has 2 unspecified atom stereocenters. The molecule has 1 N–H and O–H groups in total. The Morgan fingerprint density at radius 3 is 2.53 bits per heavy atom. The standard InChI is InChI=1S/C15H25NO/c1-5-12(3)14(16-4)11-17-15-10-8-7-9-13(15)6-2/h7-10,12,14,16H,5-6,11H2,1-4H3. The summed E-state index contributed by atoms with van der Waals surface area (Å²) in [7, 11) is 2.01. The Hall–Kier alpha value is -1.02. The Morgan fingerprint density at radius 2 is 1.94 bits per heavy atom. The van der Waals surface area contributed by atoms with E-state index in [1.54, 1.807) is 0 Å². The number of aryl methyl sites for hydroxylation is 1. The topological polar surface area (TPSA) is 21.3 Å². The number of hydrogen-bond donors (Lipinski definition) is 1. The van der Waals surface area contributed by atoms with Gasteiger partial charge < -0.3 is 10.1 Å². The normalized spacial score (nSPS) is 14.4. The Kier molecular flexibility index (Phi) is 6.06. The van der Waals surface area contributed by atoms with E-state index in [-0.39, 0.29) is 0 Å². The molecule has 0 amide bonds. The van der Waals surface area contributed by atoms with Crippen molar-refractivity contribution in [3.63, 3.8) is 0 Å². The highest BCUT2D eigenvalue weighted by molar-refractivity contribution is 5.33. The molecule has 0 aliphatic rings. The first-order valence-corrected chi connectivity index (χ1v) is 6.60. The number of rotatable bonds is 7. The Morgan fingerprint density at radius 1 is 1.24 bits per heavy atom. The number of para-hydroxylation sites is 1. The molecule has 96 valence electrons. The van der Waals surface area contributed by atoms with Crippen LogP contribution in [0.4, 0.5) is 0 Å². The van der Waals surface area contributed by atoms with Crippen molar-refractivity contribution in [3.05, 3.63) is 29.8 Å². The average molecular weight is 235 g/mol. The highest BCUT2D eigenvalue weighted by Gasteiger charge is 2.14. The van der Waals surface area contributed by atoms with E-state index >= 15 is 0 Å². The molecular formula is C15H25NO. The molecule has 0 aromatic heterocycles. The van der Waals surface area contributed by atoms with E-state index in [0.717, 1.165) is 18.8 Å². The highest BCUT2D eigenvalue weighted by atomic mass is 16.5. The van der Waals surface area contributed by atoms with Gasteiger partial charge in [-0.05, 0) is 31.0 Å². The van der Waals surface area contributed by atoms with Crippen molar-refractivity contribution >= 4 is 0 Å². The SMILES string of the molecule is CCc1ccccc1OCC(NC)C(C)CC. The second kappa shape index (κ2) is 7.33. The van der Waals surface area contributed by atoms with Crippen LogP contribution in [0.1, 0.15) is 32.8 Å². The van der Waals surface area contributed by atoms with Gasteiger partial charge >= 0.3 is 0 Å². The minimum Gasteiger partial charge on any atom is -0.492 e. The lowest BCUT2D eigenvalue weighted by molar-refractivity contribution is 0.226. The fraction of sp³-hybridized carbons (Fsp3) is 0.600. The number of nitrogens with one attached hydrogen (secondary N) is 1. The third-order valence-corrected chi connectivity index (χ3v) is 3.47. The summed E-state index contributed by atoms with van der Waals surface area (Å²) in [4.78, 5) is 0. The van der Waals surface area contributed by atoms with Gasteiger partial charge in [-0.3, -0.25) is 0 Å². The highest BCUT2D eigenvalue weighted by Crippen LogP contribution is 2.19. The predicted octanol–water partition coefficient (Wildman–Crippen LogP) is 3.26. The van der Waals surface area contributed by atoms with Crippen LogP contribution >= 0.6 is 0 Å². The van der Waals surface area contributed by atoms with Gasteiger partial charge in [-0.1, -0.05) is 45.4 Å². The van der Waals surface area contributed by atoms with Crippen LogP contribution in [0, 0.1) is 5.92 Å². The van der Waals surface area contributed by atoms with E-state index in [1.165, 1.54) is 12.0 Å². The summed E-state index contributed by atoms with van der Waals surface area (Å²) in [5.41, 5.74) is 1.28. The third-order valence-electron chi connectivity index (χ3n) is 3.47. The molecular weight excluding hydrogens is 210 g/mol. The molecule has 0 aliphatic carbocycles. The third kappa shape index (κ3) is 4.04. The Labute approximate surface area is 105 Å². The summed E-state index contributed by atoms with van der Waals surface area (Å²) in [6.07, 6.45) is 2.19. The van der Waals surface area contributed by atoms with Gasteiger partial charge in [0, 0.05) is 6.04 Å². The van der Waals surface area contributed by atoms with Crippen LogP contribution in [-0.4, -0.2) is 19.7 Å². The molecule has 1 aromatic carbocycles. The van der Waals surface area contributed by atoms with Gasteiger partial charge in [0.15, 0.2) is 0 Å². The van der Waals surface area contributed by atoms with Crippen LogP contribution < -0.4 is 10.1 Å². The smallest absolute Gasteiger partial charge is 0.122 e. The van der Waals surface area contributed by atoms with E-state index in [1.807, 2.05) is 13.1 Å². The average Bonchev–Trinajstić information content (AvgIpc) is 2.39. The Balaban J connectivity index is 2.59. The lowest BCUT2D eigenvalue weighted by Gasteiger charge is -2.23. The molecule has 0 heterocycles. The maximum absolute atomic E-state index is 5.94. The monoisotopic (exact) mass is 235 g/mol. The first-order valence-electron chi connectivity index (χ1n) is 6.60. The van der Waals surface area contributed by atoms with E-state index in [9.17, 15) is 0 Å². The quantitative estimate of drug-likeness (QED) is 0.783. The molecule has 0 saturated heterocycles. The van der Waals surface area contributed by atoms with Gasteiger partial charge in [-0.15, -0.1) is 0 Å². The summed E-state index contributed by atoms with van der Waals surface area (Å²) in [6, 6.07) is 8.71. The summed E-state index contributed by atoms with van der Waals surface area (Å²) in [6.45, 7) is 7.38. The fourth-order valence-electron chi connectivity index (χ4n) is 1.93. The molecule has 1 rings (SSSR count). The first kappa shape index (κ1) is 14.0. The molecule has 0 radical (unpaired) electrons. The number of ether oxygens (including phenoxy) is 1. The van der Waals surface area contributed by atoms with Crippen LogP contribution in [0.3, 0.4) is 0 Å². The van der Waals surface area contributed by atoms with Crippen molar-refractivity contribution in [1.29, 1.82) is 0 Å². The van der Waals surface area contributed by atoms with E-state index in [2.05, 4.69) is 44.3 Å². The van der Waals surface area contributed by atoms with E-state index < -0.39 is 0 Å². The zero-order valence-corrected chi connectivity index (χ0v) is 11.5. The zero-order chi connectivity index (χ0) is 12.7. The van der Waals surface area contributed by atoms with Gasteiger partial charge in [0.1, 0.15) is 12.4 Å². The maximum atomic E-state index is 5.94. The van der Waals surface area contributed by atoms with E-state index in [0.29, 0.717) is 12.0 Å². The molecule has 1 aromatic rings. The van der Waals surface area contributed by atoms with Gasteiger partial charge in [-0.2, -0.15) is 0 Å². The molecule has 0 bridgehead atoms. The van der Waals surface area contributed by atoms with Crippen molar-refractivity contribution in [2.24, 2.45) is 5.92 Å². The van der Waals surface area contributed by atoms with Crippen LogP contribution in [-0.2, 0) is 6.42 Å². The molecule has 2 nitrogen and oxygen atoms in total. The lowest BCUT2D eigenvalue weighted by Crippen LogP contribution is -2.37. The van der Waals surface area contributed by atoms with Gasteiger partial charge in [0.05, 0.1) is 0 Å². The minimum absolute atomic E-state index is 0.421. The van der Waals surface area contributed by atoms with Crippen LogP contribution in [0.25, 0.3) is 0 Å². The number of hydrogen-bond acceptors (Lipinski definition) is 2. The van der Waals surface area contributed by atoms with Crippen LogP contribution in [0.5, 0.6) is 5.75 Å². The molecule has 17 heavy (non-hydrogen) atoms. The second-order valence-electron chi connectivity index (χ2n) is 4.55. The van der Waals surface area contributed by atoms with Crippen molar-refractivity contribution in [3.8, 4) is 5.75 Å². The Bertz CT molecular complexity index is 324. The molecule has 2 atom stereocenters. The molecule has 0 saturated carbocycles. The van der Waals surface area contributed by atoms with Gasteiger partial charge in [0.2, 0.25) is 0 Å². The molecule has 0 fully saturated rings. The summed E-state index contributed by atoms with van der Waals surface area (Å²) in [5.74, 6) is 1.66. The first-order chi connectivity index (χ1) is 8.22. The fourth-order valence-corrected chi connectivity index (χ4v) is 1.93. The van der Waals surface area contributed by atoms with Crippen LogP contribution in [0.15, 0.2) is 24.3 Å². The van der Waals surface area contributed by atoms with Gasteiger partial charge in [0.25, 0.3) is 0 Å². The minimum atomic E-state index is 0.421. The van der Waals surface area contributed by atoms with Crippen molar-refractivity contribution in [1.82, 2.24) is 5.32 Å². The largest absolute Gasteiger partial charge is 0.492 e. The molecule has 0 spiro atoms. The maximum Gasteiger partial charge on any atom is 0.122 e. The van der Waals surface area contributed by atoms with Gasteiger partial charge in [-0.25, -0.2) is 0 Å². The van der Waals surface area contributed by atoms with Crippen molar-refractivity contribution in [2.45, 2.75) is 39.7 Å². The number of benzene rings is 1. The van der Waals surface area contributed by atoms with Crippen LogP contribution in [0.2, 0.25) is 0 Å². The predicted molar refractivity (Wildman–Crippen MR) is 73.6 cm³/mol. The zero-order valence-electron chi connectivity index (χ0n) is 11.5. The second-order valence-corrected chi connectivity index (χ2v) is 4.55.